The van der Waals surface area contributed by atoms with Crippen molar-refractivity contribution < 1.29 is 4.79 Å². The molecular weight excluding hydrogens is 358 g/mol. The monoisotopic (exact) mass is 389 g/mol. The molecule has 1 N–H and O–H groups in total. The van der Waals surface area contributed by atoms with E-state index in [-0.39, 0.29) is 11.3 Å². The van der Waals surface area contributed by atoms with Gasteiger partial charge in [-0.15, -0.1) is 0 Å². The molecule has 4 nitrogen and oxygen atoms in total. The van der Waals surface area contributed by atoms with Crippen LogP contribution in [-0.2, 0) is 16.6 Å². The van der Waals surface area contributed by atoms with Crippen molar-refractivity contribution in [3.8, 4) is 0 Å². The standard InChI is InChI=1S/C25H31N3O/c1-26-25-23(29)28(20-13-7-4-8-14-20)18-24(25,17-19-11-5-3-6-12-19)21-15-9-10-16-22(21)27(25)2/h3,5-6,9-12,15-16,20,26H,4,7-8,13-14,17-18H2,1-2H3/t24-,25+/m1/s1. The number of anilines is 1. The maximum absolute atomic E-state index is 14.1. The van der Waals surface area contributed by atoms with Crippen LogP contribution in [0.25, 0.3) is 0 Å². The Kier molecular flexibility index (Phi) is 4.43. The molecule has 29 heavy (non-hydrogen) atoms. The van der Waals surface area contributed by atoms with Crippen LogP contribution in [0.2, 0.25) is 0 Å². The molecule has 2 atom stereocenters. The highest BCUT2D eigenvalue weighted by Gasteiger charge is 2.70. The fraction of sp³-hybridized carbons (Fsp3) is 0.480. The Hall–Kier alpha value is -2.33. The summed E-state index contributed by atoms with van der Waals surface area (Å²) in [4.78, 5) is 18.6. The van der Waals surface area contributed by atoms with Crippen molar-refractivity contribution in [1.82, 2.24) is 10.2 Å². The molecule has 5 rings (SSSR count). The van der Waals surface area contributed by atoms with E-state index >= 15 is 0 Å². The summed E-state index contributed by atoms with van der Waals surface area (Å²) in [7, 11) is 4.05. The third kappa shape index (κ3) is 2.45. The highest BCUT2D eigenvalue weighted by Crippen LogP contribution is 2.56. The number of nitrogens with one attached hydrogen (secondary N) is 1. The first kappa shape index (κ1) is 18.7. The van der Waals surface area contributed by atoms with Crippen molar-refractivity contribution in [3.63, 3.8) is 0 Å². The van der Waals surface area contributed by atoms with Crippen LogP contribution < -0.4 is 10.2 Å². The lowest BCUT2D eigenvalue weighted by Gasteiger charge is -2.42. The van der Waals surface area contributed by atoms with Crippen molar-refractivity contribution in [2.75, 3.05) is 25.5 Å². The largest absolute Gasteiger partial charge is 0.347 e. The minimum absolute atomic E-state index is 0.251. The van der Waals surface area contributed by atoms with E-state index in [9.17, 15) is 4.79 Å². The first-order valence-electron chi connectivity index (χ1n) is 11.0. The molecule has 3 aliphatic rings. The molecule has 2 heterocycles. The molecule has 0 spiro atoms. The minimum Gasteiger partial charge on any atom is -0.347 e. The van der Waals surface area contributed by atoms with Crippen molar-refractivity contribution in [1.29, 1.82) is 0 Å². The van der Waals surface area contributed by atoms with Gasteiger partial charge in [0.2, 0.25) is 0 Å². The second kappa shape index (κ2) is 6.88. The van der Waals surface area contributed by atoms with E-state index in [4.69, 9.17) is 0 Å². The number of likely N-dealkylation sites (tertiary alicyclic amines) is 1. The van der Waals surface area contributed by atoms with E-state index < -0.39 is 5.66 Å². The van der Waals surface area contributed by atoms with Gasteiger partial charge in [0, 0.05) is 25.3 Å². The topological polar surface area (TPSA) is 35.6 Å². The smallest absolute Gasteiger partial charge is 0.264 e. The van der Waals surface area contributed by atoms with Crippen LogP contribution in [0, 0.1) is 0 Å². The molecule has 1 saturated carbocycles. The molecule has 152 valence electrons. The molecule has 0 radical (unpaired) electrons. The molecule has 2 aliphatic heterocycles. The van der Waals surface area contributed by atoms with Gasteiger partial charge >= 0.3 is 0 Å². The number of para-hydroxylation sites is 1. The van der Waals surface area contributed by atoms with Crippen LogP contribution in [0.15, 0.2) is 54.6 Å². The maximum atomic E-state index is 14.1. The summed E-state index contributed by atoms with van der Waals surface area (Å²) in [5, 5.41) is 3.55. The molecule has 0 aromatic heterocycles. The van der Waals surface area contributed by atoms with E-state index in [1.54, 1.807) is 0 Å². The molecule has 2 fully saturated rings. The summed E-state index contributed by atoms with van der Waals surface area (Å²) < 4.78 is 0. The molecular formula is C25H31N3O. The van der Waals surface area contributed by atoms with Gasteiger partial charge in [0.25, 0.3) is 5.91 Å². The Labute approximate surface area is 173 Å². The third-order valence-electron chi connectivity index (χ3n) is 7.71. The molecule has 4 heteroatoms. The van der Waals surface area contributed by atoms with Crippen molar-refractivity contribution in [2.45, 2.75) is 55.6 Å². The van der Waals surface area contributed by atoms with Crippen LogP contribution in [0.3, 0.4) is 0 Å². The Morgan fingerprint density at radius 2 is 1.69 bits per heavy atom. The molecule has 1 saturated heterocycles. The lowest BCUT2D eigenvalue weighted by atomic mass is 9.70. The van der Waals surface area contributed by atoms with Crippen molar-refractivity contribution in [2.24, 2.45) is 0 Å². The normalized spacial score (nSPS) is 29.2. The van der Waals surface area contributed by atoms with Crippen LogP contribution in [0.5, 0.6) is 0 Å². The van der Waals surface area contributed by atoms with E-state index in [1.165, 1.54) is 36.1 Å². The summed E-state index contributed by atoms with van der Waals surface area (Å²) in [5.74, 6) is 0.251. The van der Waals surface area contributed by atoms with Crippen LogP contribution in [0.1, 0.15) is 43.2 Å². The Bertz CT molecular complexity index is 907. The van der Waals surface area contributed by atoms with Gasteiger partial charge in [-0.1, -0.05) is 67.8 Å². The predicted molar refractivity (Wildman–Crippen MR) is 117 cm³/mol. The SMILES string of the molecule is CN[C@]12C(=O)N(C3CCCCC3)C[C@]1(Cc1ccccc1)c1ccccc1N2C. The number of benzene rings is 2. The second-order valence-corrected chi connectivity index (χ2v) is 9.01. The number of nitrogens with zero attached hydrogens (tertiary/aromatic N) is 2. The first-order valence-corrected chi connectivity index (χ1v) is 11.0. The maximum Gasteiger partial charge on any atom is 0.264 e. The lowest BCUT2D eigenvalue weighted by molar-refractivity contribution is -0.135. The van der Waals surface area contributed by atoms with Crippen LogP contribution in [-0.4, -0.2) is 43.2 Å². The number of likely N-dealkylation sites (N-methyl/N-ethyl adjacent to an activating group) is 2. The molecule has 2 aromatic carbocycles. The fourth-order valence-corrected chi connectivity index (χ4v) is 6.41. The Balaban J connectivity index is 1.67. The summed E-state index contributed by atoms with van der Waals surface area (Å²) in [5.41, 5.74) is 2.73. The quantitative estimate of drug-likeness (QED) is 0.866. The predicted octanol–water partition coefficient (Wildman–Crippen LogP) is 3.71. The average Bonchev–Trinajstić information content (AvgIpc) is 3.15. The lowest BCUT2D eigenvalue weighted by Crippen LogP contribution is -2.68. The number of amides is 1. The summed E-state index contributed by atoms with van der Waals surface area (Å²) in [6, 6.07) is 19.7. The van der Waals surface area contributed by atoms with Gasteiger partial charge in [0.15, 0.2) is 5.66 Å². The van der Waals surface area contributed by atoms with E-state index in [2.05, 4.69) is 76.8 Å². The summed E-state index contributed by atoms with van der Waals surface area (Å²) in [6.07, 6.45) is 6.90. The highest BCUT2D eigenvalue weighted by atomic mass is 16.2. The van der Waals surface area contributed by atoms with Gasteiger partial charge < -0.3 is 9.80 Å². The second-order valence-electron chi connectivity index (χ2n) is 9.01. The number of hydrogen-bond acceptors (Lipinski definition) is 3. The molecule has 1 aliphatic carbocycles. The van der Waals surface area contributed by atoms with Gasteiger partial charge in [-0.2, -0.15) is 0 Å². The van der Waals surface area contributed by atoms with E-state index in [1.807, 2.05) is 7.05 Å². The molecule has 2 aromatic rings. The Morgan fingerprint density at radius 1 is 1.00 bits per heavy atom. The zero-order valence-corrected chi connectivity index (χ0v) is 17.5. The van der Waals surface area contributed by atoms with E-state index in [0.717, 1.165) is 25.8 Å². The van der Waals surface area contributed by atoms with Crippen molar-refractivity contribution in [3.05, 3.63) is 65.7 Å². The fourth-order valence-electron chi connectivity index (χ4n) is 6.41. The minimum atomic E-state index is -0.732. The zero-order chi connectivity index (χ0) is 20.1. The number of hydrogen-bond donors (Lipinski definition) is 1. The summed E-state index contributed by atoms with van der Waals surface area (Å²) in [6.45, 7) is 0.785. The third-order valence-corrected chi connectivity index (χ3v) is 7.71. The van der Waals surface area contributed by atoms with Crippen molar-refractivity contribution >= 4 is 11.6 Å². The number of rotatable bonds is 4. The highest BCUT2D eigenvalue weighted by molar-refractivity contribution is 5.98. The number of carbonyl (C=O) groups is 1. The van der Waals surface area contributed by atoms with Crippen LogP contribution in [0.4, 0.5) is 5.69 Å². The van der Waals surface area contributed by atoms with Gasteiger partial charge in [0.05, 0.1) is 5.41 Å². The number of fused-ring (bicyclic) bond motifs is 3. The number of carbonyl (C=O) groups excluding carboxylic acids is 1. The molecule has 0 bridgehead atoms. The Morgan fingerprint density at radius 3 is 2.41 bits per heavy atom. The molecule has 0 unspecified atom stereocenters. The summed E-state index contributed by atoms with van der Waals surface area (Å²) >= 11 is 0. The first-order chi connectivity index (χ1) is 14.1. The van der Waals surface area contributed by atoms with Gasteiger partial charge in [-0.25, -0.2) is 0 Å². The average molecular weight is 390 g/mol. The van der Waals surface area contributed by atoms with E-state index in [0.29, 0.717) is 6.04 Å². The molecule has 1 amide bonds. The van der Waals surface area contributed by atoms with Gasteiger partial charge in [-0.3, -0.25) is 10.1 Å². The van der Waals surface area contributed by atoms with Gasteiger partial charge in [-0.05, 0) is 43.5 Å². The van der Waals surface area contributed by atoms with Gasteiger partial charge in [0.1, 0.15) is 0 Å². The zero-order valence-electron chi connectivity index (χ0n) is 17.5. The van der Waals surface area contributed by atoms with Crippen LogP contribution >= 0.6 is 0 Å².